The Morgan fingerprint density at radius 1 is 1.24 bits per heavy atom. The Hall–Kier alpha value is -1.17. The molecule has 1 aromatic heterocycles. The van der Waals surface area contributed by atoms with E-state index in [0.29, 0.717) is 6.04 Å². The summed E-state index contributed by atoms with van der Waals surface area (Å²) in [5, 5.41) is 3.22. The van der Waals surface area contributed by atoms with E-state index in [1.807, 2.05) is 13.2 Å². The molecular formula is C16H29N5. The zero-order chi connectivity index (χ0) is 15.2. The van der Waals surface area contributed by atoms with Crippen LogP contribution in [-0.2, 0) is 0 Å². The van der Waals surface area contributed by atoms with E-state index in [-0.39, 0.29) is 0 Å². The van der Waals surface area contributed by atoms with Crippen LogP contribution < -0.4 is 10.2 Å². The van der Waals surface area contributed by atoms with Crippen molar-refractivity contribution in [3.8, 4) is 0 Å². The van der Waals surface area contributed by atoms with Crippen LogP contribution in [0.5, 0.6) is 0 Å². The molecule has 118 valence electrons. The Morgan fingerprint density at radius 2 is 1.95 bits per heavy atom. The van der Waals surface area contributed by atoms with Gasteiger partial charge in [0.15, 0.2) is 0 Å². The van der Waals surface area contributed by atoms with Crippen molar-refractivity contribution >= 4 is 5.69 Å². The average Bonchev–Trinajstić information content (AvgIpc) is 2.53. The van der Waals surface area contributed by atoms with E-state index in [2.05, 4.69) is 58.2 Å². The predicted molar refractivity (Wildman–Crippen MR) is 88.9 cm³/mol. The SMILES string of the molecule is CNC(C)c1ccc(N2CCN(CCN(C)C)CC2)cn1. The summed E-state index contributed by atoms with van der Waals surface area (Å²) in [6.07, 6.45) is 2.01. The largest absolute Gasteiger partial charge is 0.368 e. The molecule has 0 aromatic carbocycles. The highest BCUT2D eigenvalue weighted by atomic mass is 15.3. The molecule has 2 rings (SSSR count). The molecule has 0 saturated carbocycles. The van der Waals surface area contributed by atoms with Crippen molar-refractivity contribution in [2.75, 3.05) is 65.3 Å². The van der Waals surface area contributed by atoms with Gasteiger partial charge in [0.25, 0.3) is 0 Å². The summed E-state index contributed by atoms with van der Waals surface area (Å²) in [4.78, 5) is 11.8. The van der Waals surface area contributed by atoms with Gasteiger partial charge < -0.3 is 15.1 Å². The second-order valence-electron chi connectivity index (χ2n) is 6.08. The molecule has 0 bridgehead atoms. The minimum Gasteiger partial charge on any atom is -0.368 e. The highest BCUT2D eigenvalue weighted by Crippen LogP contribution is 2.17. The molecule has 1 unspecified atom stereocenters. The lowest BCUT2D eigenvalue weighted by molar-refractivity contribution is 0.229. The zero-order valence-corrected chi connectivity index (χ0v) is 13.8. The first kappa shape index (κ1) is 16.2. The molecule has 21 heavy (non-hydrogen) atoms. The highest BCUT2D eigenvalue weighted by molar-refractivity contribution is 5.45. The third kappa shape index (κ3) is 4.66. The van der Waals surface area contributed by atoms with Gasteiger partial charge in [-0.15, -0.1) is 0 Å². The van der Waals surface area contributed by atoms with Gasteiger partial charge in [0.1, 0.15) is 0 Å². The Bertz CT molecular complexity index is 409. The first-order valence-corrected chi connectivity index (χ1v) is 7.85. The smallest absolute Gasteiger partial charge is 0.0571 e. The number of nitrogens with one attached hydrogen (secondary N) is 1. The first-order valence-electron chi connectivity index (χ1n) is 7.85. The van der Waals surface area contributed by atoms with Gasteiger partial charge in [-0.3, -0.25) is 9.88 Å². The maximum Gasteiger partial charge on any atom is 0.0571 e. The Labute approximate surface area is 128 Å². The number of anilines is 1. The summed E-state index contributed by atoms with van der Waals surface area (Å²) in [7, 11) is 6.23. The summed E-state index contributed by atoms with van der Waals surface area (Å²) < 4.78 is 0. The number of aromatic nitrogens is 1. The van der Waals surface area contributed by atoms with Gasteiger partial charge in [0, 0.05) is 45.3 Å². The lowest BCUT2D eigenvalue weighted by atomic mass is 10.2. The van der Waals surface area contributed by atoms with E-state index in [1.54, 1.807) is 0 Å². The van der Waals surface area contributed by atoms with Crippen LogP contribution in [0.2, 0.25) is 0 Å². The molecule has 0 aliphatic carbocycles. The van der Waals surface area contributed by atoms with Crippen LogP contribution in [0.3, 0.4) is 0 Å². The summed E-state index contributed by atoms with van der Waals surface area (Å²) in [6, 6.07) is 4.64. The molecule has 1 aliphatic rings. The molecule has 1 aromatic rings. The molecule has 2 heterocycles. The van der Waals surface area contributed by atoms with E-state index in [9.17, 15) is 0 Å². The second-order valence-corrected chi connectivity index (χ2v) is 6.08. The maximum atomic E-state index is 4.58. The topological polar surface area (TPSA) is 34.6 Å². The summed E-state index contributed by atoms with van der Waals surface area (Å²) in [5.41, 5.74) is 2.35. The third-order valence-electron chi connectivity index (χ3n) is 4.25. The lowest BCUT2D eigenvalue weighted by Crippen LogP contribution is -2.48. The molecule has 1 N–H and O–H groups in total. The molecule has 0 amide bonds. The molecule has 5 nitrogen and oxygen atoms in total. The van der Waals surface area contributed by atoms with Gasteiger partial charge in [0.05, 0.1) is 17.6 Å². The standard InChI is InChI=1S/C16H29N5/c1-14(17-2)16-6-5-15(13-18-16)21-11-9-20(10-12-21)8-7-19(3)4/h5-6,13-14,17H,7-12H2,1-4H3. The van der Waals surface area contributed by atoms with Crippen molar-refractivity contribution in [1.82, 2.24) is 20.1 Å². The van der Waals surface area contributed by atoms with Crippen LogP contribution >= 0.6 is 0 Å². The molecule has 1 atom stereocenters. The molecule has 1 fully saturated rings. The van der Waals surface area contributed by atoms with E-state index in [0.717, 1.165) is 45.0 Å². The fourth-order valence-corrected chi connectivity index (χ4v) is 2.56. The monoisotopic (exact) mass is 291 g/mol. The van der Waals surface area contributed by atoms with Crippen molar-refractivity contribution in [1.29, 1.82) is 0 Å². The van der Waals surface area contributed by atoms with E-state index < -0.39 is 0 Å². The van der Waals surface area contributed by atoms with Gasteiger partial charge in [-0.25, -0.2) is 0 Å². The van der Waals surface area contributed by atoms with Gasteiger partial charge >= 0.3 is 0 Å². The number of rotatable bonds is 6. The molecule has 1 saturated heterocycles. The molecular weight excluding hydrogens is 262 g/mol. The van der Waals surface area contributed by atoms with Crippen molar-refractivity contribution in [2.45, 2.75) is 13.0 Å². The fraction of sp³-hybridized carbons (Fsp3) is 0.688. The predicted octanol–water partition coefficient (Wildman–Crippen LogP) is 1.05. The van der Waals surface area contributed by atoms with Crippen molar-refractivity contribution in [3.63, 3.8) is 0 Å². The Kier molecular flexibility index (Phi) is 5.96. The molecule has 1 aliphatic heterocycles. The summed E-state index contributed by atoms with van der Waals surface area (Å²) in [5.74, 6) is 0. The Morgan fingerprint density at radius 3 is 2.48 bits per heavy atom. The minimum absolute atomic E-state index is 0.307. The third-order valence-corrected chi connectivity index (χ3v) is 4.25. The zero-order valence-electron chi connectivity index (χ0n) is 13.8. The van der Waals surface area contributed by atoms with Gasteiger partial charge in [-0.05, 0) is 40.2 Å². The van der Waals surface area contributed by atoms with Crippen LogP contribution in [0.15, 0.2) is 18.3 Å². The van der Waals surface area contributed by atoms with Crippen LogP contribution in [-0.4, -0.2) is 75.2 Å². The molecule has 0 spiro atoms. The van der Waals surface area contributed by atoms with Crippen LogP contribution in [0, 0.1) is 0 Å². The van der Waals surface area contributed by atoms with E-state index in [4.69, 9.17) is 0 Å². The highest BCUT2D eigenvalue weighted by Gasteiger charge is 2.17. The number of hydrogen-bond acceptors (Lipinski definition) is 5. The number of nitrogens with zero attached hydrogens (tertiary/aromatic N) is 4. The minimum atomic E-state index is 0.307. The van der Waals surface area contributed by atoms with Gasteiger partial charge in [-0.1, -0.05) is 0 Å². The number of likely N-dealkylation sites (N-methyl/N-ethyl adjacent to an activating group) is 1. The quantitative estimate of drug-likeness (QED) is 0.847. The Balaban J connectivity index is 1.84. The first-order chi connectivity index (χ1) is 10.1. The maximum absolute atomic E-state index is 4.58. The van der Waals surface area contributed by atoms with E-state index >= 15 is 0 Å². The van der Waals surface area contributed by atoms with Gasteiger partial charge in [0.2, 0.25) is 0 Å². The van der Waals surface area contributed by atoms with Crippen molar-refractivity contribution in [3.05, 3.63) is 24.0 Å². The van der Waals surface area contributed by atoms with Crippen LogP contribution in [0.4, 0.5) is 5.69 Å². The average molecular weight is 291 g/mol. The number of piperazine rings is 1. The molecule has 5 heteroatoms. The van der Waals surface area contributed by atoms with E-state index in [1.165, 1.54) is 5.69 Å². The van der Waals surface area contributed by atoms with Gasteiger partial charge in [-0.2, -0.15) is 0 Å². The number of hydrogen-bond donors (Lipinski definition) is 1. The van der Waals surface area contributed by atoms with Crippen LogP contribution in [0.1, 0.15) is 18.7 Å². The normalized spacial score (nSPS) is 18.2. The summed E-state index contributed by atoms with van der Waals surface area (Å²) in [6.45, 7) is 8.90. The fourth-order valence-electron chi connectivity index (χ4n) is 2.56. The van der Waals surface area contributed by atoms with Crippen LogP contribution in [0.25, 0.3) is 0 Å². The number of pyridine rings is 1. The summed E-state index contributed by atoms with van der Waals surface area (Å²) >= 11 is 0. The van der Waals surface area contributed by atoms with Crippen molar-refractivity contribution in [2.24, 2.45) is 0 Å². The molecule has 0 radical (unpaired) electrons. The lowest BCUT2D eigenvalue weighted by Gasteiger charge is -2.36. The van der Waals surface area contributed by atoms with Crippen molar-refractivity contribution < 1.29 is 0 Å². The second kappa shape index (κ2) is 7.73.